The zero-order valence-electron chi connectivity index (χ0n) is 20.8. The zero-order chi connectivity index (χ0) is 26.1. The van der Waals surface area contributed by atoms with Crippen molar-refractivity contribution in [1.82, 2.24) is 21.3 Å². The number of carbonyl (C=O) groups is 5. The molecular weight excluding hydrogens is 456 g/mol. The molecule has 0 aliphatic heterocycles. The van der Waals surface area contributed by atoms with Gasteiger partial charge in [0.25, 0.3) is 0 Å². The van der Waals surface area contributed by atoms with Crippen molar-refractivity contribution < 1.29 is 34.2 Å². The maximum Gasteiger partial charge on any atom is 0.320 e. The Hall–Kier alpha value is -2.69. The van der Waals surface area contributed by atoms with Gasteiger partial charge in [-0.05, 0) is 64.3 Å². The molecule has 0 aromatic carbocycles. The van der Waals surface area contributed by atoms with Crippen LogP contribution in [0.25, 0.3) is 0 Å². The summed E-state index contributed by atoms with van der Waals surface area (Å²) in [5.41, 5.74) is 0. The molecule has 1 aliphatic rings. The van der Waals surface area contributed by atoms with E-state index in [0.29, 0.717) is 38.4 Å². The molecule has 1 atom stereocenters. The second-order valence-corrected chi connectivity index (χ2v) is 9.19. The number of nitrogens with one attached hydrogen (secondary N) is 4. The van der Waals surface area contributed by atoms with E-state index < -0.39 is 18.0 Å². The van der Waals surface area contributed by atoms with Crippen LogP contribution in [0.3, 0.4) is 0 Å². The average Bonchev–Trinajstić information content (AvgIpc) is 2.82. The molecule has 0 saturated heterocycles. The number of hydrogen-bond donors (Lipinski definition) is 6. The van der Waals surface area contributed by atoms with Crippen molar-refractivity contribution in [2.24, 2.45) is 11.8 Å². The summed E-state index contributed by atoms with van der Waals surface area (Å²) in [5.74, 6) is -1.67. The quantitative estimate of drug-likeness (QED) is 0.152. The molecular formula is C24H42N4O7. The molecule has 0 aromatic heterocycles. The molecule has 1 fully saturated rings. The third-order valence-corrected chi connectivity index (χ3v) is 6.38. The lowest BCUT2D eigenvalue weighted by Gasteiger charge is -2.28. The smallest absolute Gasteiger partial charge is 0.320 e. The number of amides is 3. The third-order valence-electron chi connectivity index (χ3n) is 6.38. The highest BCUT2D eigenvalue weighted by Gasteiger charge is 2.26. The van der Waals surface area contributed by atoms with Crippen molar-refractivity contribution in [3.8, 4) is 0 Å². The van der Waals surface area contributed by atoms with Crippen LogP contribution in [0, 0.1) is 11.8 Å². The van der Waals surface area contributed by atoms with Gasteiger partial charge in [0.2, 0.25) is 17.7 Å². The molecule has 0 bridgehead atoms. The molecule has 200 valence electrons. The fourth-order valence-electron chi connectivity index (χ4n) is 4.14. The number of rotatable bonds is 18. The number of carbonyl (C=O) groups excluding carboxylic acids is 3. The van der Waals surface area contributed by atoms with E-state index in [2.05, 4.69) is 21.3 Å². The monoisotopic (exact) mass is 498 g/mol. The predicted octanol–water partition coefficient (Wildman–Crippen LogP) is 1.02. The molecule has 1 unspecified atom stereocenters. The summed E-state index contributed by atoms with van der Waals surface area (Å²) >= 11 is 0. The van der Waals surface area contributed by atoms with Gasteiger partial charge in [0.15, 0.2) is 0 Å². The van der Waals surface area contributed by atoms with Gasteiger partial charge in [-0.15, -0.1) is 0 Å². The Morgan fingerprint density at radius 2 is 1.43 bits per heavy atom. The SMILES string of the molecule is CNC(CCC(=O)NCC1CCC(C(=O)NCCCCCC(=O)NCCCC(=O)O)CC1)C(=O)O. The van der Waals surface area contributed by atoms with E-state index in [0.717, 1.165) is 44.9 Å². The summed E-state index contributed by atoms with van der Waals surface area (Å²) < 4.78 is 0. The second-order valence-electron chi connectivity index (χ2n) is 9.19. The maximum atomic E-state index is 12.4. The van der Waals surface area contributed by atoms with Crippen LogP contribution in [0.1, 0.15) is 77.0 Å². The van der Waals surface area contributed by atoms with Crippen LogP contribution in [-0.2, 0) is 24.0 Å². The fraction of sp³-hybridized carbons (Fsp3) is 0.792. The van der Waals surface area contributed by atoms with Crippen molar-refractivity contribution in [3.63, 3.8) is 0 Å². The molecule has 3 amide bonds. The van der Waals surface area contributed by atoms with Crippen molar-refractivity contribution in [2.45, 2.75) is 83.1 Å². The van der Waals surface area contributed by atoms with Gasteiger partial charge in [0.1, 0.15) is 6.04 Å². The Kier molecular flexibility index (Phi) is 15.3. The summed E-state index contributed by atoms with van der Waals surface area (Å²) in [7, 11) is 1.56. The first kappa shape index (κ1) is 30.3. The van der Waals surface area contributed by atoms with Crippen molar-refractivity contribution in [1.29, 1.82) is 0 Å². The van der Waals surface area contributed by atoms with E-state index in [1.807, 2.05) is 0 Å². The van der Waals surface area contributed by atoms with Gasteiger partial charge in [-0.3, -0.25) is 24.0 Å². The third kappa shape index (κ3) is 14.3. The van der Waals surface area contributed by atoms with Crippen molar-refractivity contribution in [2.75, 3.05) is 26.7 Å². The molecule has 11 heteroatoms. The highest BCUT2D eigenvalue weighted by molar-refractivity contribution is 5.79. The van der Waals surface area contributed by atoms with Gasteiger partial charge in [-0.25, -0.2) is 0 Å². The normalized spacial score (nSPS) is 18.3. The van der Waals surface area contributed by atoms with Crippen molar-refractivity contribution in [3.05, 3.63) is 0 Å². The number of unbranched alkanes of at least 4 members (excludes halogenated alkanes) is 2. The number of carboxylic acids is 2. The van der Waals surface area contributed by atoms with Crippen molar-refractivity contribution >= 4 is 29.7 Å². The molecule has 11 nitrogen and oxygen atoms in total. The molecule has 0 aromatic rings. The highest BCUT2D eigenvalue weighted by atomic mass is 16.4. The summed E-state index contributed by atoms with van der Waals surface area (Å²) in [6.07, 6.45) is 6.95. The summed E-state index contributed by atoms with van der Waals surface area (Å²) in [5, 5.41) is 28.8. The molecule has 35 heavy (non-hydrogen) atoms. The van der Waals surface area contributed by atoms with E-state index >= 15 is 0 Å². The Morgan fingerprint density at radius 3 is 2.06 bits per heavy atom. The van der Waals surface area contributed by atoms with E-state index in [4.69, 9.17) is 10.2 Å². The second kappa shape index (κ2) is 17.7. The van der Waals surface area contributed by atoms with E-state index in [1.54, 1.807) is 7.05 Å². The zero-order valence-corrected chi connectivity index (χ0v) is 20.8. The van der Waals surface area contributed by atoms with E-state index in [9.17, 15) is 24.0 Å². The fourth-order valence-corrected chi connectivity index (χ4v) is 4.14. The number of likely N-dealkylation sites (N-methyl/N-ethyl adjacent to an activating group) is 1. The highest BCUT2D eigenvalue weighted by Crippen LogP contribution is 2.28. The minimum Gasteiger partial charge on any atom is -0.481 e. The molecule has 0 radical (unpaired) electrons. The molecule has 1 rings (SSSR count). The maximum absolute atomic E-state index is 12.4. The Labute approximate surface area is 207 Å². The Morgan fingerprint density at radius 1 is 0.771 bits per heavy atom. The lowest BCUT2D eigenvalue weighted by molar-refractivity contribution is -0.140. The molecule has 0 spiro atoms. The summed E-state index contributed by atoms with van der Waals surface area (Å²) in [4.78, 5) is 57.4. The lowest BCUT2D eigenvalue weighted by atomic mass is 9.81. The van der Waals surface area contributed by atoms with E-state index in [-0.39, 0.29) is 42.9 Å². The van der Waals surface area contributed by atoms with Gasteiger partial charge >= 0.3 is 11.9 Å². The summed E-state index contributed by atoms with van der Waals surface area (Å²) in [6, 6.07) is -0.726. The van der Waals surface area contributed by atoms with Crippen LogP contribution in [0.15, 0.2) is 0 Å². The summed E-state index contributed by atoms with van der Waals surface area (Å²) in [6.45, 7) is 1.51. The number of carboxylic acid groups (broad SMARTS) is 2. The number of hydrogen-bond acceptors (Lipinski definition) is 6. The first-order valence-electron chi connectivity index (χ1n) is 12.7. The van der Waals surface area contributed by atoms with Crippen LogP contribution in [0.4, 0.5) is 0 Å². The molecule has 1 aliphatic carbocycles. The van der Waals surface area contributed by atoms with Gasteiger partial charge < -0.3 is 31.5 Å². The minimum atomic E-state index is -0.967. The molecule has 0 heterocycles. The van der Waals surface area contributed by atoms with Crippen LogP contribution in [0.5, 0.6) is 0 Å². The Balaban J connectivity index is 2.06. The lowest BCUT2D eigenvalue weighted by Crippen LogP contribution is -2.38. The van der Waals surface area contributed by atoms with Gasteiger partial charge in [-0.2, -0.15) is 0 Å². The molecule has 6 N–H and O–H groups in total. The standard InChI is InChI=1S/C24H42N4O7/c1-25-19(24(34)35)12-13-21(30)28-16-17-8-10-18(11-9-17)23(33)27-14-4-2-3-6-20(29)26-15-5-7-22(31)32/h17-19,25H,2-16H2,1H3,(H,26,29)(H,27,33)(H,28,30)(H,31,32)(H,34,35). The van der Waals surface area contributed by atoms with E-state index in [1.165, 1.54) is 0 Å². The molecule has 1 saturated carbocycles. The van der Waals surface area contributed by atoms with Gasteiger partial charge in [0, 0.05) is 44.8 Å². The van der Waals surface area contributed by atoms with Crippen LogP contribution < -0.4 is 21.3 Å². The first-order chi connectivity index (χ1) is 16.7. The van der Waals surface area contributed by atoms with Gasteiger partial charge in [-0.1, -0.05) is 6.42 Å². The first-order valence-corrected chi connectivity index (χ1v) is 12.7. The predicted molar refractivity (Wildman–Crippen MR) is 130 cm³/mol. The van der Waals surface area contributed by atoms with Crippen LogP contribution in [0.2, 0.25) is 0 Å². The number of aliphatic carboxylic acids is 2. The van der Waals surface area contributed by atoms with Crippen LogP contribution >= 0.6 is 0 Å². The van der Waals surface area contributed by atoms with Gasteiger partial charge in [0.05, 0.1) is 0 Å². The average molecular weight is 499 g/mol. The Bertz CT molecular complexity index is 693. The topological polar surface area (TPSA) is 174 Å². The largest absolute Gasteiger partial charge is 0.481 e. The minimum absolute atomic E-state index is 0.00881. The van der Waals surface area contributed by atoms with Crippen LogP contribution in [-0.4, -0.2) is 72.6 Å².